The van der Waals surface area contributed by atoms with Crippen molar-refractivity contribution in [1.29, 1.82) is 0 Å². The molecule has 0 aliphatic rings. The molecule has 0 aliphatic heterocycles. The second-order valence-electron chi connectivity index (χ2n) is 1.15. The van der Waals surface area contributed by atoms with Gasteiger partial charge in [-0.1, -0.05) is 36.4 Å². The summed E-state index contributed by atoms with van der Waals surface area (Å²) in [5.74, 6) is 0. The van der Waals surface area contributed by atoms with Crippen LogP contribution in [0.3, 0.4) is 0 Å². The molecule has 1 aromatic rings. The fourth-order valence-electron chi connectivity index (χ4n) is 0.385. The summed E-state index contributed by atoms with van der Waals surface area (Å²) in [5.41, 5.74) is 0. The summed E-state index contributed by atoms with van der Waals surface area (Å²) in [5, 5.41) is 0. The largest absolute Gasteiger partial charge is 0.412 e. The van der Waals surface area contributed by atoms with Gasteiger partial charge in [0, 0.05) is 16.5 Å². The van der Waals surface area contributed by atoms with E-state index in [1.807, 2.05) is 36.4 Å². The molecule has 8 heavy (non-hydrogen) atoms. The molecule has 0 amide bonds. The van der Waals surface area contributed by atoms with Crippen molar-refractivity contribution in [2.45, 2.75) is 0 Å². The molecule has 0 spiro atoms. The zero-order valence-electron chi connectivity index (χ0n) is 4.28. The minimum Gasteiger partial charge on any atom is -0.412 e. The summed E-state index contributed by atoms with van der Waals surface area (Å²) in [6, 6.07) is 12.0. The normalized spacial score (nSPS) is 6.00. The van der Waals surface area contributed by atoms with E-state index < -0.39 is 0 Å². The Kier molecular flexibility index (Phi) is 8.86. The van der Waals surface area contributed by atoms with Gasteiger partial charge >= 0.3 is 0 Å². The van der Waals surface area contributed by atoms with Crippen LogP contribution in [0.4, 0.5) is 0 Å². The predicted molar refractivity (Wildman–Crippen MR) is 30.1 cm³/mol. The van der Waals surface area contributed by atoms with Crippen molar-refractivity contribution in [3.05, 3.63) is 36.4 Å². The van der Waals surface area contributed by atoms with Crippen molar-refractivity contribution < 1.29 is 22.0 Å². The molecule has 2 heteroatoms. The third kappa shape index (κ3) is 3.85. The first-order valence-corrected chi connectivity index (χ1v) is 2.00. The predicted octanol–water partition coefficient (Wildman–Crippen LogP) is 0.859. The van der Waals surface area contributed by atoms with Crippen molar-refractivity contribution in [3.63, 3.8) is 0 Å². The number of hydrogen-bond acceptors (Lipinski definition) is 0. The average molecular weight is 155 g/mol. The van der Waals surface area contributed by atoms with Crippen LogP contribution >= 0.6 is 0 Å². The molecule has 1 aromatic carbocycles. The Morgan fingerprint density at radius 2 is 0.625 bits per heavy atom. The molecule has 0 saturated heterocycles. The molecule has 0 fully saturated rings. The van der Waals surface area contributed by atoms with Crippen molar-refractivity contribution >= 4 is 0 Å². The topological polar surface area (TPSA) is 31.5 Å². The van der Waals surface area contributed by atoms with E-state index in [1.54, 1.807) is 0 Å². The van der Waals surface area contributed by atoms with Gasteiger partial charge in [0.25, 0.3) is 0 Å². The van der Waals surface area contributed by atoms with E-state index >= 15 is 0 Å². The molecule has 0 saturated carbocycles. The Bertz CT molecular complexity index is 80.5. The van der Waals surface area contributed by atoms with Gasteiger partial charge in [-0.2, -0.15) is 0 Å². The molecule has 0 atom stereocenters. The molecular formula is C6H8NiO. The molecule has 0 radical (unpaired) electrons. The van der Waals surface area contributed by atoms with Crippen molar-refractivity contribution in [3.8, 4) is 0 Å². The van der Waals surface area contributed by atoms with Gasteiger partial charge in [0.1, 0.15) is 0 Å². The van der Waals surface area contributed by atoms with Gasteiger partial charge in [-0.25, -0.2) is 0 Å². The molecule has 0 unspecified atom stereocenters. The van der Waals surface area contributed by atoms with Gasteiger partial charge in [-0.3, -0.25) is 0 Å². The monoisotopic (exact) mass is 154 g/mol. The number of benzene rings is 1. The van der Waals surface area contributed by atoms with E-state index in [0.29, 0.717) is 0 Å². The molecule has 0 bridgehead atoms. The van der Waals surface area contributed by atoms with Crippen LogP contribution in [0.15, 0.2) is 36.4 Å². The second-order valence-corrected chi connectivity index (χ2v) is 1.15. The number of hydrogen-bond donors (Lipinski definition) is 0. The van der Waals surface area contributed by atoms with Crippen molar-refractivity contribution in [2.24, 2.45) is 0 Å². The first kappa shape index (κ1) is 10.6. The quantitative estimate of drug-likeness (QED) is 0.497. The maximum Gasteiger partial charge on any atom is 0 e. The second kappa shape index (κ2) is 6.67. The maximum absolute atomic E-state index is 2.00. The van der Waals surface area contributed by atoms with E-state index in [-0.39, 0.29) is 22.0 Å². The Balaban J connectivity index is 0. The minimum atomic E-state index is 0. The third-order valence-corrected chi connectivity index (χ3v) is 0.667. The van der Waals surface area contributed by atoms with E-state index in [1.165, 1.54) is 0 Å². The summed E-state index contributed by atoms with van der Waals surface area (Å²) in [6.07, 6.45) is 0. The molecular weight excluding hydrogens is 147 g/mol. The summed E-state index contributed by atoms with van der Waals surface area (Å²) in [7, 11) is 0. The van der Waals surface area contributed by atoms with Crippen LogP contribution in [-0.2, 0) is 16.5 Å². The summed E-state index contributed by atoms with van der Waals surface area (Å²) in [6.45, 7) is 0. The molecule has 1 rings (SSSR count). The summed E-state index contributed by atoms with van der Waals surface area (Å²) < 4.78 is 0. The molecule has 2 N–H and O–H groups in total. The standard InChI is InChI=1S/C6H6.Ni.H2O/c1-2-4-6-5-3-1;;/h1-6H;;1H2. The smallest absolute Gasteiger partial charge is 0 e. The van der Waals surface area contributed by atoms with Gasteiger partial charge in [0.15, 0.2) is 0 Å². The molecule has 1 nitrogen and oxygen atoms in total. The zero-order valence-corrected chi connectivity index (χ0v) is 5.27. The third-order valence-electron chi connectivity index (χ3n) is 0.667. The van der Waals surface area contributed by atoms with Crippen LogP contribution in [0.2, 0.25) is 0 Å². The van der Waals surface area contributed by atoms with Crippen molar-refractivity contribution in [2.75, 3.05) is 0 Å². The molecule has 0 aromatic heterocycles. The average Bonchev–Trinajstić information content (AvgIpc) is 1.72. The van der Waals surface area contributed by atoms with Crippen LogP contribution in [-0.4, -0.2) is 5.48 Å². The minimum absolute atomic E-state index is 0. The molecule has 0 heterocycles. The first-order valence-electron chi connectivity index (χ1n) is 2.00. The SMILES string of the molecule is O.[Ni].c1ccccc1. The van der Waals surface area contributed by atoms with Crippen LogP contribution in [0, 0.1) is 0 Å². The zero-order chi connectivity index (χ0) is 4.24. The first-order chi connectivity index (χ1) is 3.00. The van der Waals surface area contributed by atoms with Gasteiger partial charge in [-0.15, -0.1) is 0 Å². The van der Waals surface area contributed by atoms with Crippen molar-refractivity contribution in [1.82, 2.24) is 0 Å². The fourth-order valence-corrected chi connectivity index (χ4v) is 0.385. The fraction of sp³-hybridized carbons (Fsp3) is 0. The van der Waals surface area contributed by atoms with Crippen LogP contribution in [0.5, 0.6) is 0 Å². The Labute approximate surface area is 59.0 Å². The Morgan fingerprint density at radius 3 is 0.750 bits per heavy atom. The van der Waals surface area contributed by atoms with Gasteiger partial charge in [0.05, 0.1) is 0 Å². The van der Waals surface area contributed by atoms with E-state index in [0.717, 1.165) is 0 Å². The Morgan fingerprint density at radius 1 is 0.500 bits per heavy atom. The van der Waals surface area contributed by atoms with Crippen LogP contribution in [0.1, 0.15) is 0 Å². The number of rotatable bonds is 0. The van der Waals surface area contributed by atoms with E-state index in [9.17, 15) is 0 Å². The van der Waals surface area contributed by atoms with Gasteiger partial charge in [0.2, 0.25) is 0 Å². The van der Waals surface area contributed by atoms with Crippen LogP contribution < -0.4 is 0 Å². The van der Waals surface area contributed by atoms with E-state index in [4.69, 9.17) is 0 Å². The molecule has 48 valence electrons. The summed E-state index contributed by atoms with van der Waals surface area (Å²) in [4.78, 5) is 0. The van der Waals surface area contributed by atoms with E-state index in [2.05, 4.69) is 0 Å². The summed E-state index contributed by atoms with van der Waals surface area (Å²) >= 11 is 0. The van der Waals surface area contributed by atoms with Gasteiger partial charge in [-0.05, 0) is 0 Å². The maximum atomic E-state index is 2.00. The van der Waals surface area contributed by atoms with Crippen LogP contribution in [0.25, 0.3) is 0 Å². The molecule has 0 aliphatic carbocycles. The Hall–Kier alpha value is -0.326. The van der Waals surface area contributed by atoms with Gasteiger partial charge < -0.3 is 5.48 Å².